The molecule has 0 saturated carbocycles. The summed E-state index contributed by atoms with van der Waals surface area (Å²) in [5, 5.41) is 2.92. The van der Waals surface area contributed by atoms with Crippen molar-refractivity contribution < 1.29 is 9.21 Å². The molecule has 1 unspecified atom stereocenters. The number of aromatic nitrogens is 1. The molecule has 5 nitrogen and oxygen atoms in total. The van der Waals surface area contributed by atoms with Crippen LogP contribution in [0.15, 0.2) is 28.7 Å². The summed E-state index contributed by atoms with van der Waals surface area (Å²) in [5.41, 5.74) is 3.15. The third-order valence-corrected chi connectivity index (χ3v) is 4.64. The molecule has 1 N–H and O–H groups in total. The Bertz CT molecular complexity index is 723. The van der Waals surface area contributed by atoms with Crippen molar-refractivity contribution in [1.82, 2.24) is 15.2 Å². The first kappa shape index (κ1) is 16.7. The monoisotopic (exact) mass is 327 g/mol. The topological polar surface area (TPSA) is 58.4 Å². The quantitative estimate of drug-likeness (QED) is 0.917. The minimum atomic E-state index is 0.0907. The molecule has 1 aliphatic rings. The van der Waals surface area contributed by atoms with Crippen LogP contribution >= 0.6 is 0 Å². The predicted molar refractivity (Wildman–Crippen MR) is 93.5 cm³/mol. The molecule has 1 aromatic carbocycles. The van der Waals surface area contributed by atoms with E-state index in [1.54, 1.807) is 0 Å². The Labute approximate surface area is 143 Å². The molecule has 1 atom stereocenters. The van der Waals surface area contributed by atoms with Gasteiger partial charge in [0.25, 0.3) is 0 Å². The molecule has 1 aromatic heterocycles. The number of nitrogens with one attached hydrogen (secondary N) is 1. The standard InChI is InChI=1S/C19H25N3O2/c1-4-20-18(23)15-9-10-22(11-15)12-17-14(3)24-19(21-17)16-8-6-5-7-13(16)2/h5-8,15H,4,9-12H2,1-3H3,(H,20,23). The molecule has 128 valence electrons. The van der Waals surface area contributed by atoms with Crippen molar-refractivity contribution >= 4 is 5.91 Å². The fourth-order valence-corrected chi connectivity index (χ4v) is 3.22. The molecule has 2 heterocycles. The van der Waals surface area contributed by atoms with Crippen molar-refractivity contribution in [2.24, 2.45) is 5.92 Å². The Kier molecular flexibility index (Phi) is 5.00. The van der Waals surface area contributed by atoms with E-state index in [1.807, 2.05) is 32.0 Å². The average Bonchev–Trinajstić information content (AvgIpc) is 3.16. The van der Waals surface area contributed by atoms with Gasteiger partial charge in [0.15, 0.2) is 0 Å². The fraction of sp³-hybridized carbons (Fsp3) is 0.474. The van der Waals surface area contributed by atoms with Crippen LogP contribution in [0, 0.1) is 19.8 Å². The van der Waals surface area contributed by atoms with Gasteiger partial charge in [-0.15, -0.1) is 0 Å². The molecule has 0 spiro atoms. The predicted octanol–water partition coefficient (Wildman–Crippen LogP) is 2.92. The minimum Gasteiger partial charge on any atom is -0.441 e. The van der Waals surface area contributed by atoms with Gasteiger partial charge >= 0.3 is 0 Å². The summed E-state index contributed by atoms with van der Waals surface area (Å²) in [6, 6.07) is 8.11. The van der Waals surface area contributed by atoms with Gasteiger partial charge in [0.1, 0.15) is 5.76 Å². The largest absolute Gasteiger partial charge is 0.441 e. The van der Waals surface area contributed by atoms with E-state index in [2.05, 4.69) is 23.2 Å². The third-order valence-electron chi connectivity index (χ3n) is 4.64. The zero-order chi connectivity index (χ0) is 17.1. The number of carbonyl (C=O) groups excluding carboxylic acids is 1. The Morgan fingerprint density at radius 1 is 1.38 bits per heavy atom. The lowest BCUT2D eigenvalue weighted by molar-refractivity contribution is -0.124. The Balaban J connectivity index is 1.69. The fourth-order valence-electron chi connectivity index (χ4n) is 3.22. The van der Waals surface area contributed by atoms with Crippen LogP contribution in [0.3, 0.4) is 0 Å². The van der Waals surface area contributed by atoms with E-state index >= 15 is 0 Å². The Morgan fingerprint density at radius 2 is 2.17 bits per heavy atom. The van der Waals surface area contributed by atoms with Gasteiger partial charge in [-0.25, -0.2) is 4.98 Å². The summed E-state index contributed by atoms with van der Waals surface area (Å²) in [5.74, 6) is 1.79. The van der Waals surface area contributed by atoms with E-state index in [0.29, 0.717) is 12.4 Å². The Morgan fingerprint density at radius 3 is 2.92 bits per heavy atom. The van der Waals surface area contributed by atoms with Gasteiger partial charge in [-0.1, -0.05) is 18.2 Å². The highest BCUT2D eigenvalue weighted by Crippen LogP contribution is 2.26. The molecule has 3 rings (SSSR count). The van der Waals surface area contributed by atoms with Gasteiger partial charge < -0.3 is 9.73 Å². The summed E-state index contributed by atoms with van der Waals surface area (Å²) < 4.78 is 5.89. The first-order valence-corrected chi connectivity index (χ1v) is 8.61. The van der Waals surface area contributed by atoms with Gasteiger partial charge in [0, 0.05) is 25.2 Å². The van der Waals surface area contributed by atoms with E-state index < -0.39 is 0 Å². The minimum absolute atomic E-state index is 0.0907. The van der Waals surface area contributed by atoms with Crippen LogP contribution in [0.5, 0.6) is 0 Å². The molecule has 1 fully saturated rings. The van der Waals surface area contributed by atoms with Crippen LogP contribution in [0.4, 0.5) is 0 Å². The lowest BCUT2D eigenvalue weighted by Gasteiger charge is -2.14. The van der Waals surface area contributed by atoms with Crippen molar-refractivity contribution in [1.29, 1.82) is 0 Å². The van der Waals surface area contributed by atoms with Crippen molar-refractivity contribution in [3.8, 4) is 11.5 Å². The van der Waals surface area contributed by atoms with Crippen molar-refractivity contribution in [3.05, 3.63) is 41.3 Å². The van der Waals surface area contributed by atoms with E-state index in [1.165, 1.54) is 0 Å². The highest BCUT2D eigenvalue weighted by atomic mass is 16.4. The lowest BCUT2D eigenvalue weighted by atomic mass is 10.1. The van der Waals surface area contributed by atoms with Gasteiger partial charge in [-0.3, -0.25) is 9.69 Å². The van der Waals surface area contributed by atoms with Crippen LogP contribution in [0.1, 0.15) is 30.4 Å². The van der Waals surface area contributed by atoms with Crippen molar-refractivity contribution in [2.75, 3.05) is 19.6 Å². The molecule has 0 radical (unpaired) electrons. The molecule has 0 bridgehead atoms. The number of aryl methyl sites for hydroxylation is 2. The number of carbonyl (C=O) groups is 1. The molecule has 5 heteroatoms. The summed E-state index contributed by atoms with van der Waals surface area (Å²) in [6.45, 7) is 9.12. The third kappa shape index (κ3) is 3.51. The van der Waals surface area contributed by atoms with Crippen molar-refractivity contribution in [2.45, 2.75) is 33.7 Å². The maximum Gasteiger partial charge on any atom is 0.226 e. The average molecular weight is 327 g/mol. The maximum atomic E-state index is 12.0. The summed E-state index contributed by atoms with van der Waals surface area (Å²) in [7, 11) is 0. The zero-order valence-corrected chi connectivity index (χ0v) is 14.6. The highest BCUT2D eigenvalue weighted by molar-refractivity contribution is 5.79. The van der Waals surface area contributed by atoms with Crippen LogP contribution in [0.25, 0.3) is 11.5 Å². The smallest absolute Gasteiger partial charge is 0.226 e. The second kappa shape index (κ2) is 7.18. The van der Waals surface area contributed by atoms with Gasteiger partial charge in [-0.2, -0.15) is 0 Å². The lowest BCUT2D eigenvalue weighted by Crippen LogP contribution is -2.32. The summed E-state index contributed by atoms with van der Waals surface area (Å²) in [4.78, 5) is 19.0. The first-order valence-electron chi connectivity index (χ1n) is 8.61. The maximum absolute atomic E-state index is 12.0. The number of rotatable bonds is 5. The molecule has 24 heavy (non-hydrogen) atoms. The van der Waals surface area contributed by atoms with Crippen LogP contribution in [0.2, 0.25) is 0 Å². The van der Waals surface area contributed by atoms with Crippen LogP contribution < -0.4 is 5.32 Å². The molecule has 1 saturated heterocycles. The molecule has 2 aromatic rings. The van der Waals surface area contributed by atoms with Crippen LogP contribution in [-0.4, -0.2) is 35.4 Å². The number of likely N-dealkylation sites (tertiary alicyclic amines) is 1. The zero-order valence-electron chi connectivity index (χ0n) is 14.6. The summed E-state index contributed by atoms with van der Waals surface area (Å²) in [6.07, 6.45) is 0.910. The number of benzene rings is 1. The van der Waals surface area contributed by atoms with Gasteiger partial charge in [-0.05, 0) is 45.4 Å². The van der Waals surface area contributed by atoms with E-state index in [-0.39, 0.29) is 11.8 Å². The Hall–Kier alpha value is -2.14. The number of nitrogens with zero attached hydrogens (tertiary/aromatic N) is 2. The highest BCUT2D eigenvalue weighted by Gasteiger charge is 2.29. The molecule has 0 aliphatic carbocycles. The normalized spacial score (nSPS) is 18.0. The number of oxazole rings is 1. The SMILES string of the molecule is CCNC(=O)C1CCN(Cc2nc(-c3ccccc3C)oc2C)C1. The number of hydrogen-bond acceptors (Lipinski definition) is 4. The van der Waals surface area contributed by atoms with E-state index in [9.17, 15) is 4.79 Å². The summed E-state index contributed by atoms with van der Waals surface area (Å²) >= 11 is 0. The second-order valence-corrected chi connectivity index (χ2v) is 6.45. The molecule has 1 amide bonds. The van der Waals surface area contributed by atoms with Gasteiger partial charge in [0.2, 0.25) is 11.8 Å². The molecule has 1 aliphatic heterocycles. The van der Waals surface area contributed by atoms with E-state index in [0.717, 1.165) is 48.6 Å². The molecular formula is C19H25N3O2. The second-order valence-electron chi connectivity index (χ2n) is 6.45. The van der Waals surface area contributed by atoms with Gasteiger partial charge in [0.05, 0.1) is 11.6 Å². The molecular weight excluding hydrogens is 302 g/mol. The number of hydrogen-bond donors (Lipinski definition) is 1. The first-order chi connectivity index (χ1) is 11.6. The van der Waals surface area contributed by atoms with E-state index in [4.69, 9.17) is 9.40 Å². The van der Waals surface area contributed by atoms with Crippen LogP contribution in [-0.2, 0) is 11.3 Å². The van der Waals surface area contributed by atoms with Crippen molar-refractivity contribution in [3.63, 3.8) is 0 Å². The number of amides is 1.